The third-order valence-electron chi connectivity index (χ3n) is 2.63. The van der Waals surface area contributed by atoms with Crippen LogP contribution >= 0.6 is 0 Å². The number of nitrogens with zero attached hydrogens (tertiary/aromatic N) is 2. The Morgan fingerprint density at radius 1 is 1.60 bits per heavy atom. The number of sulfonamides is 1. The molecule has 5 nitrogen and oxygen atoms in total. The molecule has 15 heavy (non-hydrogen) atoms. The molecule has 1 saturated heterocycles. The van der Waals surface area contributed by atoms with Gasteiger partial charge in [-0.25, -0.2) is 8.42 Å². The summed E-state index contributed by atoms with van der Waals surface area (Å²) >= 11 is 0. The fraction of sp³-hybridized carbons (Fsp3) is 0.889. The average molecular weight is 232 g/mol. The molecular formula is C9H16N2O3S. The molecule has 1 fully saturated rings. The number of β-amino-alcohol motifs (C(OH)–C–C–N with tert-alkyl or cyclic N) is 1. The number of hydrogen-bond donors (Lipinski definition) is 1. The van der Waals surface area contributed by atoms with Crippen LogP contribution in [0.25, 0.3) is 0 Å². The van der Waals surface area contributed by atoms with E-state index < -0.39 is 20.9 Å². The zero-order valence-electron chi connectivity index (χ0n) is 8.97. The molecule has 0 aromatic rings. The summed E-state index contributed by atoms with van der Waals surface area (Å²) in [6, 6.07) is 1.72. The molecule has 0 aromatic heterocycles. The Bertz CT molecular complexity index is 369. The minimum atomic E-state index is -3.57. The molecular weight excluding hydrogens is 216 g/mol. The van der Waals surface area contributed by atoms with Gasteiger partial charge in [0.25, 0.3) is 0 Å². The van der Waals surface area contributed by atoms with Gasteiger partial charge in [0.2, 0.25) is 10.0 Å². The Hall–Kier alpha value is -0.640. The minimum absolute atomic E-state index is 0.0847. The Balaban J connectivity index is 2.86. The molecule has 1 aliphatic rings. The summed E-state index contributed by atoms with van der Waals surface area (Å²) in [7, 11) is -3.57. The minimum Gasteiger partial charge on any atom is -0.389 e. The topological polar surface area (TPSA) is 81.4 Å². The van der Waals surface area contributed by atoms with Gasteiger partial charge in [-0.05, 0) is 26.7 Å². The van der Waals surface area contributed by atoms with Crippen molar-refractivity contribution >= 4 is 10.0 Å². The van der Waals surface area contributed by atoms with Crippen molar-refractivity contribution in [3.05, 3.63) is 0 Å². The maximum Gasteiger partial charge on any atom is 0.230 e. The smallest absolute Gasteiger partial charge is 0.230 e. The van der Waals surface area contributed by atoms with Crippen LogP contribution < -0.4 is 0 Å². The molecule has 1 rings (SSSR count). The third kappa shape index (κ3) is 2.68. The van der Waals surface area contributed by atoms with E-state index in [1.807, 2.05) is 0 Å². The highest BCUT2D eigenvalue weighted by atomic mass is 32.2. The van der Waals surface area contributed by atoms with Gasteiger partial charge in [0.1, 0.15) is 0 Å². The lowest BCUT2D eigenvalue weighted by atomic mass is 9.97. The molecule has 0 spiro atoms. The standard InChI is InChI=1S/C9H16N2O3S/c1-8(6-10)15(13,14)11-5-3-4-9(2,12)7-11/h8,12H,3-5,7H2,1-2H3. The largest absolute Gasteiger partial charge is 0.389 e. The van der Waals surface area contributed by atoms with Gasteiger partial charge in [-0.1, -0.05) is 0 Å². The van der Waals surface area contributed by atoms with E-state index in [0.29, 0.717) is 19.4 Å². The summed E-state index contributed by atoms with van der Waals surface area (Å²) in [5, 5.41) is 17.3. The molecule has 0 saturated carbocycles. The van der Waals surface area contributed by atoms with Gasteiger partial charge in [0.05, 0.1) is 11.7 Å². The number of nitriles is 1. The molecule has 1 aliphatic heterocycles. The molecule has 0 radical (unpaired) electrons. The summed E-state index contributed by atoms with van der Waals surface area (Å²) in [6.07, 6.45) is 1.23. The molecule has 6 heteroatoms. The lowest BCUT2D eigenvalue weighted by Gasteiger charge is -2.36. The van der Waals surface area contributed by atoms with Crippen molar-refractivity contribution in [2.45, 2.75) is 37.5 Å². The first-order valence-electron chi connectivity index (χ1n) is 4.90. The third-order valence-corrected chi connectivity index (χ3v) is 4.66. The van der Waals surface area contributed by atoms with Crippen molar-refractivity contribution in [2.24, 2.45) is 0 Å². The molecule has 86 valence electrons. The Morgan fingerprint density at radius 3 is 2.67 bits per heavy atom. The van der Waals surface area contributed by atoms with Crippen molar-refractivity contribution in [3.8, 4) is 6.07 Å². The first kappa shape index (κ1) is 12.4. The normalized spacial score (nSPS) is 30.8. The summed E-state index contributed by atoms with van der Waals surface area (Å²) in [6.45, 7) is 3.45. The van der Waals surface area contributed by atoms with Gasteiger partial charge in [-0.3, -0.25) is 0 Å². The first-order valence-corrected chi connectivity index (χ1v) is 6.41. The van der Waals surface area contributed by atoms with E-state index in [0.717, 1.165) is 0 Å². The maximum atomic E-state index is 11.8. The summed E-state index contributed by atoms with van der Waals surface area (Å²) in [4.78, 5) is 0. The monoisotopic (exact) mass is 232 g/mol. The van der Waals surface area contributed by atoms with Crippen LogP contribution in [0.2, 0.25) is 0 Å². The van der Waals surface area contributed by atoms with Crippen LogP contribution in [-0.2, 0) is 10.0 Å². The first-order chi connectivity index (χ1) is 6.79. The zero-order valence-corrected chi connectivity index (χ0v) is 9.79. The summed E-state index contributed by atoms with van der Waals surface area (Å²) in [5.74, 6) is 0. The van der Waals surface area contributed by atoms with Crippen LogP contribution in [0.1, 0.15) is 26.7 Å². The van der Waals surface area contributed by atoms with E-state index in [4.69, 9.17) is 5.26 Å². The summed E-state index contributed by atoms with van der Waals surface area (Å²) < 4.78 is 24.8. The average Bonchev–Trinajstić information content (AvgIpc) is 2.15. The highest BCUT2D eigenvalue weighted by molar-refractivity contribution is 7.89. The Labute approximate surface area is 90.4 Å². The highest BCUT2D eigenvalue weighted by Gasteiger charge is 2.37. The molecule has 2 atom stereocenters. The van der Waals surface area contributed by atoms with Crippen LogP contribution in [0.15, 0.2) is 0 Å². The van der Waals surface area contributed by atoms with Gasteiger partial charge in [0.15, 0.2) is 5.25 Å². The van der Waals surface area contributed by atoms with Crippen molar-refractivity contribution in [1.29, 1.82) is 5.26 Å². The predicted octanol–water partition coefficient (Wildman–Crippen LogP) is 0.0751. The lowest BCUT2D eigenvalue weighted by molar-refractivity contribution is 0.00931. The van der Waals surface area contributed by atoms with Gasteiger partial charge < -0.3 is 5.11 Å². The van der Waals surface area contributed by atoms with Crippen molar-refractivity contribution < 1.29 is 13.5 Å². The second-order valence-electron chi connectivity index (χ2n) is 4.25. The Morgan fingerprint density at radius 2 is 2.20 bits per heavy atom. The van der Waals surface area contributed by atoms with E-state index in [2.05, 4.69) is 0 Å². The van der Waals surface area contributed by atoms with Gasteiger partial charge >= 0.3 is 0 Å². The number of hydrogen-bond acceptors (Lipinski definition) is 4. The van der Waals surface area contributed by atoms with E-state index >= 15 is 0 Å². The summed E-state index contributed by atoms with van der Waals surface area (Å²) in [5.41, 5.74) is -0.972. The second kappa shape index (κ2) is 4.08. The van der Waals surface area contributed by atoms with E-state index in [1.54, 1.807) is 13.0 Å². The SMILES string of the molecule is CC(C#N)S(=O)(=O)N1CCCC(C)(O)C1. The quantitative estimate of drug-likeness (QED) is 0.730. The lowest BCUT2D eigenvalue weighted by Crippen LogP contribution is -2.50. The number of rotatable bonds is 2. The Kier molecular flexibility index (Phi) is 3.38. The van der Waals surface area contributed by atoms with Crippen molar-refractivity contribution in [3.63, 3.8) is 0 Å². The predicted molar refractivity (Wildman–Crippen MR) is 55.4 cm³/mol. The highest BCUT2D eigenvalue weighted by Crippen LogP contribution is 2.23. The molecule has 0 aliphatic carbocycles. The van der Waals surface area contributed by atoms with E-state index in [9.17, 15) is 13.5 Å². The van der Waals surface area contributed by atoms with Crippen molar-refractivity contribution in [1.82, 2.24) is 4.31 Å². The molecule has 1 heterocycles. The van der Waals surface area contributed by atoms with E-state index in [-0.39, 0.29) is 6.54 Å². The van der Waals surface area contributed by atoms with Gasteiger partial charge in [-0.15, -0.1) is 0 Å². The van der Waals surface area contributed by atoms with Crippen LogP contribution in [0, 0.1) is 11.3 Å². The fourth-order valence-electron chi connectivity index (χ4n) is 1.68. The number of piperidine rings is 1. The molecule has 1 N–H and O–H groups in total. The molecule has 0 bridgehead atoms. The van der Waals surface area contributed by atoms with Gasteiger partial charge in [-0.2, -0.15) is 9.57 Å². The number of aliphatic hydroxyl groups is 1. The van der Waals surface area contributed by atoms with Crippen molar-refractivity contribution in [2.75, 3.05) is 13.1 Å². The zero-order chi connectivity index (χ0) is 11.7. The van der Waals surface area contributed by atoms with Gasteiger partial charge in [0, 0.05) is 13.1 Å². The second-order valence-corrected chi connectivity index (χ2v) is 6.50. The van der Waals surface area contributed by atoms with E-state index in [1.165, 1.54) is 11.2 Å². The van der Waals surface area contributed by atoms with Crippen LogP contribution in [0.3, 0.4) is 0 Å². The molecule has 0 aromatic carbocycles. The van der Waals surface area contributed by atoms with Crippen LogP contribution in [-0.4, -0.2) is 41.8 Å². The fourth-order valence-corrected chi connectivity index (χ4v) is 3.10. The molecule has 2 unspecified atom stereocenters. The van der Waals surface area contributed by atoms with Crippen LogP contribution in [0.4, 0.5) is 0 Å². The maximum absolute atomic E-state index is 11.8. The van der Waals surface area contributed by atoms with Crippen LogP contribution in [0.5, 0.6) is 0 Å². The molecule has 0 amide bonds.